The SMILES string of the molecule is CC(C)n1cnnc1CN(C)Cc1ccc(C2CCCCO2)o1. The summed E-state index contributed by atoms with van der Waals surface area (Å²) < 4.78 is 13.9. The predicted molar refractivity (Wildman–Crippen MR) is 86.8 cm³/mol. The molecule has 0 radical (unpaired) electrons. The molecule has 1 aliphatic heterocycles. The van der Waals surface area contributed by atoms with E-state index in [0.717, 1.165) is 49.9 Å². The van der Waals surface area contributed by atoms with E-state index in [1.165, 1.54) is 6.42 Å². The Morgan fingerprint density at radius 1 is 1.30 bits per heavy atom. The molecule has 0 aromatic carbocycles. The molecule has 23 heavy (non-hydrogen) atoms. The fraction of sp³-hybridized carbons (Fsp3) is 0.647. The number of ether oxygens (including phenoxy) is 1. The monoisotopic (exact) mass is 318 g/mol. The summed E-state index contributed by atoms with van der Waals surface area (Å²) in [7, 11) is 2.07. The van der Waals surface area contributed by atoms with Crippen LogP contribution in [0.15, 0.2) is 22.9 Å². The first kappa shape index (κ1) is 16.2. The molecule has 3 heterocycles. The average molecular weight is 318 g/mol. The third-order valence-electron chi connectivity index (χ3n) is 4.22. The van der Waals surface area contributed by atoms with Crippen LogP contribution >= 0.6 is 0 Å². The highest BCUT2D eigenvalue weighted by molar-refractivity contribution is 5.10. The molecular weight excluding hydrogens is 292 g/mol. The second-order valence-electron chi connectivity index (χ2n) is 6.58. The first-order valence-corrected chi connectivity index (χ1v) is 8.40. The molecule has 6 heteroatoms. The van der Waals surface area contributed by atoms with Crippen molar-refractivity contribution in [3.63, 3.8) is 0 Å². The third-order valence-corrected chi connectivity index (χ3v) is 4.22. The van der Waals surface area contributed by atoms with Crippen molar-refractivity contribution in [1.82, 2.24) is 19.7 Å². The topological polar surface area (TPSA) is 56.3 Å². The van der Waals surface area contributed by atoms with Gasteiger partial charge in [0.05, 0.1) is 13.1 Å². The van der Waals surface area contributed by atoms with Crippen LogP contribution in [-0.4, -0.2) is 33.3 Å². The summed E-state index contributed by atoms with van der Waals surface area (Å²) >= 11 is 0. The Bertz CT molecular complexity index is 614. The second kappa shape index (κ2) is 7.27. The second-order valence-corrected chi connectivity index (χ2v) is 6.58. The number of aromatic nitrogens is 3. The molecule has 1 aliphatic rings. The molecule has 2 aromatic rings. The van der Waals surface area contributed by atoms with Crippen molar-refractivity contribution >= 4 is 0 Å². The van der Waals surface area contributed by atoms with E-state index in [2.05, 4.69) is 52.7 Å². The first-order valence-electron chi connectivity index (χ1n) is 8.40. The lowest BCUT2D eigenvalue weighted by Crippen LogP contribution is -2.20. The Hall–Kier alpha value is -1.66. The van der Waals surface area contributed by atoms with Gasteiger partial charge in [0.15, 0.2) is 0 Å². The smallest absolute Gasteiger partial charge is 0.147 e. The van der Waals surface area contributed by atoms with E-state index in [-0.39, 0.29) is 6.10 Å². The van der Waals surface area contributed by atoms with Crippen LogP contribution in [0, 0.1) is 0 Å². The van der Waals surface area contributed by atoms with E-state index < -0.39 is 0 Å². The molecule has 0 spiro atoms. The summed E-state index contributed by atoms with van der Waals surface area (Å²) in [6, 6.07) is 4.47. The largest absolute Gasteiger partial charge is 0.462 e. The first-order chi connectivity index (χ1) is 11.1. The van der Waals surface area contributed by atoms with Gasteiger partial charge in [-0.2, -0.15) is 0 Å². The summed E-state index contributed by atoms with van der Waals surface area (Å²) in [6.07, 6.45) is 5.35. The van der Waals surface area contributed by atoms with E-state index in [0.29, 0.717) is 6.04 Å². The molecule has 1 fully saturated rings. The standard InChI is InChI=1S/C17H26N4O2/c1-13(2)21-12-18-19-17(21)11-20(3)10-14-7-8-16(23-14)15-6-4-5-9-22-15/h7-8,12-13,15H,4-6,9-11H2,1-3H3. The highest BCUT2D eigenvalue weighted by atomic mass is 16.5. The number of hydrogen-bond acceptors (Lipinski definition) is 5. The maximum absolute atomic E-state index is 5.98. The van der Waals surface area contributed by atoms with Crippen molar-refractivity contribution in [2.24, 2.45) is 0 Å². The van der Waals surface area contributed by atoms with Crippen LogP contribution in [0.5, 0.6) is 0 Å². The molecule has 3 rings (SSSR count). The number of rotatable bonds is 6. The number of furan rings is 1. The molecule has 0 saturated carbocycles. The van der Waals surface area contributed by atoms with E-state index in [4.69, 9.17) is 9.15 Å². The van der Waals surface area contributed by atoms with Crippen molar-refractivity contribution in [2.75, 3.05) is 13.7 Å². The molecule has 1 atom stereocenters. The van der Waals surface area contributed by atoms with Gasteiger partial charge in [-0.3, -0.25) is 4.90 Å². The fourth-order valence-electron chi connectivity index (χ4n) is 2.99. The molecule has 0 bridgehead atoms. The van der Waals surface area contributed by atoms with E-state index in [1.807, 2.05) is 0 Å². The lowest BCUT2D eigenvalue weighted by Gasteiger charge is -2.20. The van der Waals surface area contributed by atoms with Crippen LogP contribution in [-0.2, 0) is 17.8 Å². The quantitative estimate of drug-likeness (QED) is 0.818. The van der Waals surface area contributed by atoms with Crippen molar-refractivity contribution in [1.29, 1.82) is 0 Å². The van der Waals surface area contributed by atoms with Crippen LogP contribution < -0.4 is 0 Å². The Balaban J connectivity index is 1.58. The van der Waals surface area contributed by atoms with Crippen molar-refractivity contribution < 1.29 is 9.15 Å². The molecule has 0 N–H and O–H groups in total. The summed E-state index contributed by atoms with van der Waals surface area (Å²) in [5, 5.41) is 8.23. The zero-order valence-corrected chi connectivity index (χ0v) is 14.2. The van der Waals surface area contributed by atoms with Gasteiger partial charge in [0.25, 0.3) is 0 Å². The van der Waals surface area contributed by atoms with Crippen LogP contribution in [0.25, 0.3) is 0 Å². The maximum atomic E-state index is 5.98. The van der Waals surface area contributed by atoms with Gasteiger partial charge >= 0.3 is 0 Å². The van der Waals surface area contributed by atoms with Gasteiger partial charge in [0.1, 0.15) is 29.8 Å². The summed E-state index contributed by atoms with van der Waals surface area (Å²) in [5.41, 5.74) is 0. The zero-order chi connectivity index (χ0) is 16.2. The summed E-state index contributed by atoms with van der Waals surface area (Å²) in [4.78, 5) is 2.19. The van der Waals surface area contributed by atoms with Crippen molar-refractivity contribution in [2.45, 2.75) is 58.3 Å². The Morgan fingerprint density at radius 2 is 2.17 bits per heavy atom. The summed E-state index contributed by atoms with van der Waals surface area (Å²) in [5.74, 6) is 2.90. The van der Waals surface area contributed by atoms with Crippen LogP contribution in [0.1, 0.15) is 62.6 Å². The van der Waals surface area contributed by atoms with E-state index in [1.54, 1.807) is 6.33 Å². The number of hydrogen-bond donors (Lipinski definition) is 0. The van der Waals surface area contributed by atoms with Gasteiger partial charge in [0.2, 0.25) is 0 Å². The molecule has 1 unspecified atom stereocenters. The normalized spacial score (nSPS) is 18.9. The highest BCUT2D eigenvalue weighted by Crippen LogP contribution is 2.29. The van der Waals surface area contributed by atoms with Crippen LogP contribution in [0.3, 0.4) is 0 Å². The lowest BCUT2D eigenvalue weighted by molar-refractivity contribution is 0.000897. The molecular formula is C17H26N4O2. The molecule has 126 valence electrons. The maximum Gasteiger partial charge on any atom is 0.147 e. The average Bonchev–Trinajstić information content (AvgIpc) is 3.17. The molecule has 6 nitrogen and oxygen atoms in total. The Morgan fingerprint density at radius 3 is 2.91 bits per heavy atom. The minimum absolute atomic E-state index is 0.131. The van der Waals surface area contributed by atoms with Gasteiger partial charge in [-0.25, -0.2) is 0 Å². The molecule has 2 aromatic heterocycles. The minimum Gasteiger partial charge on any atom is -0.462 e. The van der Waals surface area contributed by atoms with Gasteiger partial charge in [0, 0.05) is 12.6 Å². The zero-order valence-electron chi connectivity index (χ0n) is 14.2. The van der Waals surface area contributed by atoms with Crippen LogP contribution in [0.4, 0.5) is 0 Å². The van der Waals surface area contributed by atoms with Crippen LogP contribution in [0.2, 0.25) is 0 Å². The van der Waals surface area contributed by atoms with Gasteiger partial charge in [-0.05, 0) is 52.3 Å². The molecule has 0 aliphatic carbocycles. The van der Waals surface area contributed by atoms with Gasteiger partial charge in [-0.15, -0.1) is 10.2 Å². The molecule has 0 amide bonds. The Kier molecular flexibility index (Phi) is 5.13. The lowest BCUT2D eigenvalue weighted by atomic mass is 10.1. The molecule has 1 saturated heterocycles. The van der Waals surface area contributed by atoms with E-state index >= 15 is 0 Å². The van der Waals surface area contributed by atoms with E-state index in [9.17, 15) is 0 Å². The van der Waals surface area contributed by atoms with Gasteiger partial charge < -0.3 is 13.7 Å². The Labute approximate surface area is 137 Å². The highest BCUT2D eigenvalue weighted by Gasteiger charge is 2.20. The third kappa shape index (κ3) is 4.00. The van der Waals surface area contributed by atoms with Crippen molar-refractivity contribution in [3.05, 3.63) is 35.8 Å². The predicted octanol–water partition coefficient (Wildman–Crippen LogP) is 3.33. The van der Waals surface area contributed by atoms with Gasteiger partial charge in [-0.1, -0.05) is 0 Å². The number of nitrogens with zero attached hydrogens (tertiary/aromatic N) is 4. The van der Waals surface area contributed by atoms with Crippen molar-refractivity contribution in [3.8, 4) is 0 Å². The fourth-order valence-corrected chi connectivity index (χ4v) is 2.99. The summed E-state index contributed by atoms with van der Waals surface area (Å²) in [6.45, 7) is 6.60. The minimum atomic E-state index is 0.131.